The molecule has 0 spiro atoms. The zero-order chi connectivity index (χ0) is 26.9. The summed E-state index contributed by atoms with van der Waals surface area (Å²) in [7, 11) is -1.68. The molecular weight excluding hydrogens is 519 g/mol. The molecule has 3 rings (SSSR count). The van der Waals surface area contributed by atoms with Gasteiger partial charge in [0.25, 0.3) is 0 Å². The number of nitrogens with zero attached hydrogens (tertiary/aromatic N) is 1. The summed E-state index contributed by atoms with van der Waals surface area (Å²) >= 11 is 13.4. The molecule has 5 unspecified atom stereocenters. The van der Waals surface area contributed by atoms with Crippen molar-refractivity contribution in [1.82, 2.24) is 10.2 Å². The zero-order valence-electron chi connectivity index (χ0n) is 23.1. The number of hydrogen-bond donors (Lipinski definition) is 1. The standard InChI is InChI=1S/C27H48Cl2N2O4S/c1-18(2)31(25(32)26(3,4)5)24-12-7-19(15-23(24)29)27(16-20(27)17-30-13-14-35-6)36(33,34)22-10-8-21(28)9-11-22/h18-24,30H,7-17H2,1-6H3. The minimum absolute atomic E-state index is 0.0166. The van der Waals surface area contributed by atoms with E-state index in [1.54, 1.807) is 7.11 Å². The second kappa shape index (κ2) is 12.0. The third-order valence-corrected chi connectivity index (χ3v) is 12.9. The Hall–Kier alpha value is -0.0800. The highest BCUT2D eigenvalue weighted by Crippen LogP contribution is 2.61. The van der Waals surface area contributed by atoms with E-state index in [9.17, 15) is 13.2 Å². The molecule has 0 heterocycles. The summed E-state index contributed by atoms with van der Waals surface area (Å²) in [6, 6.07) is -0.0280. The molecule has 0 aliphatic heterocycles. The van der Waals surface area contributed by atoms with Crippen molar-refractivity contribution in [1.29, 1.82) is 0 Å². The molecule has 3 fully saturated rings. The quantitative estimate of drug-likeness (QED) is 0.297. The Bertz CT molecular complexity index is 854. The molecule has 0 radical (unpaired) electrons. The topological polar surface area (TPSA) is 75.7 Å². The van der Waals surface area contributed by atoms with Gasteiger partial charge in [-0.25, -0.2) is 8.42 Å². The second-order valence-electron chi connectivity index (χ2n) is 12.6. The molecule has 1 amide bonds. The van der Waals surface area contributed by atoms with Crippen LogP contribution in [0.5, 0.6) is 0 Å². The first-order valence-electron chi connectivity index (χ1n) is 13.8. The summed E-state index contributed by atoms with van der Waals surface area (Å²) in [4.78, 5) is 15.3. The molecule has 0 saturated heterocycles. The van der Waals surface area contributed by atoms with Gasteiger partial charge in [-0.1, -0.05) is 20.8 Å². The molecule has 0 aromatic rings. The summed E-state index contributed by atoms with van der Waals surface area (Å²) in [5.74, 6) is 0.220. The van der Waals surface area contributed by atoms with Crippen LogP contribution in [0.3, 0.4) is 0 Å². The van der Waals surface area contributed by atoms with Crippen molar-refractivity contribution in [2.45, 2.75) is 119 Å². The third-order valence-electron chi connectivity index (χ3n) is 8.76. The van der Waals surface area contributed by atoms with Crippen LogP contribution in [0.2, 0.25) is 0 Å². The number of methoxy groups -OCH3 is 1. The van der Waals surface area contributed by atoms with E-state index in [2.05, 4.69) is 5.32 Å². The maximum absolute atomic E-state index is 14.2. The number of alkyl halides is 2. The second-order valence-corrected chi connectivity index (χ2v) is 16.3. The fraction of sp³-hybridized carbons (Fsp3) is 0.963. The number of amides is 1. The lowest BCUT2D eigenvalue weighted by molar-refractivity contribution is -0.145. The predicted molar refractivity (Wildman–Crippen MR) is 149 cm³/mol. The summed E-state index contributed by atoms with van der Waals surface area (Å²) in [5, 5.41) is 2.93. The molecule has 6 nitrogen and oxygen atoms in total. The third kappa shape index (κ3) is 6.21. The summed E-state index contributed by atoms with van der Waals surface area (Å²) < 4.78 is 32.9. The van der Waals surface area contributed by atoms with Crippen molar-refractivity contribution in [2.75, 3.05) is 26.8 Å². The Morgan fingerprint density at radius 2 is 1.75 bits per heavy atom. The number of carbonyl (C=O) groups is 1. The Kier molecular flexibility index (Phi) is 10.1. The lowest BCUT2D eigenvalue weighted by Crippen LogP contribution is -2.56. The number of sulfone groups is 1. The van der Waals surface area contributed by atoms with Crippen molar-refractivity contribution in [3.8, 4) is 0 Å². The average molecular weight is 568 g/mol. The Balaban J connectivity index is 1.81. The van der Waals surface area contributed by atoms with Gasteiger partial charge in [-0.2, -0.15) is 0 Å². The van der Waals surface area contributed by atoms with Crippen LogP contribution >= 0.6 is 23.2 Å². The fourth-order valence-corrected chi connectivity index (χ4v) is 10.6. The molecule has 1 N–H and O–H groups in total. The summed E-state index contributed by atoms with van der Waals surface area (Å²) in [6.07, 6.45) is 5.70. The number of carbonyl (C=O) groups excluding carboxylic acids is 1. The van der Waals surface area contributed by atoms with Gasteiger partial charge in [0, 0.05) is 36.5 Å². The first kappa shape index (κ1) is 30.5. The van der Waals surface area contributed by atoms with Crippen LogP contribution in [0.25, 0.3) is 0 Å². The van der Waals surface area contributed by atoms with Crippen LogP contribution in [0, 0.1) is 17.3 Å². The van der Waals surface area contributed by atoms with Gasteiger partial charge in [0.1, 0.15) is 0 Å². The molecule has 3 aliphatic rings. The van der Waals surface area contributed by atoms with Crippen molar-refractivity contribution >= 4 is 38.9 Å². The van der Waals surface area contributed by atoms with Crippen molar-refractivity contribution in [2.24, 2.45) is 17.3 Å². The maximum atomic E-state index is 14.2. The van der Waals surface area contributed by atoms with E-state index in [0.29, 0.717) is 45.4 Å². The van der Waals surface area contributed by atoms with Gasteiger partial charge < -0.3 is 15.0 Å². The number of halogens is 2. The van der Waals surface area contributed by atoms with E-state index in [0.717, 1.165) is 25.7 Å². The van der Waals surface area contributed by atoms with Crippen LogP contribution in [0.1, 0.15) is 86.0 Å². The van der Waals surface area contributed by atoms with Gasteiger partial charge in [-0.3, -0.25) is 4.79 Å². The minimum Gasteiger partial charge on any atom is -0.383 e. The number of rotatable bonds is 10. The van der Waals surface area contributed by atoms with Gasteiger partial charge in [0.15, 0.2) is 9.84 Å². The number of hydrogen-bond acceptors (Lipinski definition) is 5. The molecule has 3 aliphatic carbocycles. The highest BCUT2D eigenvalue weighted by molar-refractivity contribution is 7.93. The van der Waals surface area contributed by atoms with E-state index in [1.165, 1.54) is 0 Å². The zero-order valence-corrected chi connectivity index (χ0v) is 25.4. The average Bonchev–Trinajstić information content (AvgIpc) is 3.53. The molecule has 5 atom stereocenters. The molecule has 9 heteroatoms. The number of ether oxygens (including phenoxy) is 1. The Morgan fingerprint density at radius 1 is 1.11 bits per heavy atom. The fourth-order valence-electron chi connectivity index (χ4n) is 6.76. The van der Waals surface area contributed by atoms with E-state index in [4.69, 9.17) is 27.9 Å². The maximum Gasteiger partial charge on any atom is 0.228 e. The van der Waals surface area contributed by atoms with Crippen LogP contribution in [-0.2, 0) is 19.4 Å². The first-order valence-corrected chi connectivity index (χ1v) is 16.2. The SMILES string of the molecule is COCCNCC1CC1(C1CCC(N(C(=O)C(C)(C)C)C(C)C)C(Cl)C1)S(=O)(=O)C1CCC(Cl)CC1. The van der Waals surface area contributed by atoms with Gasteiger partial charge in [0.2, 0.25) is 5.91 Å². The first-order chi connectivity index (χ1) is 16.8. The van der Waals surface area contributed by atoms with E-state index in [1.807, 2.05) is 39.5 Å². The smallest absolute Gasteiger partial charge is 0.228 e. The largest absolute Gasteiger partial charge is 0.383 e. The van der Waals surface area contributed by atoms with Crippen molar-refractivity contribution in [3.05, 3.63) is 0 Å². The summed E-state index contributed by atoms with van der Waals surface area (Å²) in [5.41, 5.74) is -0.487. The highest BCUT2D eigenvalue weighted by atomic mass is 35.5. The highest BCUT2D eigenvalue weighted by Gasteiger charge is 2.68. The Labute approximate surface area is 229 Å². The lowest BCUT2D eigenvalue weighted by Gasteiger charge is -2.46. The van der Waals surface area contributed by atoms with E-state index < -0.39 is 20.0 Å². The summed E-state index contributed by atoms with van der Waals surface area (Å²) in [6.45, 7) is 11.9. The van der Waals surface area contributed by atoms with Crippen LogP contribution in [-0.4, -0.2) is 78.9 Å². The van der Waals surface area contributed by atoms with Gasteiger partial charge >= 0.3 is 0 Å². The molecular formula is C27H48Cl2N2O4S. The molecule has 0 aromatic carbocycles. The van der Waals surface area contributed by atoms with Gasteiger partial charge in [0.05, 0.1) is 22.0 Å². The molecule has 0 aromatic heterocycles. The van der Waals surface area contributed by atoms with Gasteiger partial charge in [-0.05, 0) is 83.6 Å². The minimum atomic E-state index is -3.35. The molecule has 3 saturated carbocycles. The van der Waals surface area contributed by atoms with E-state index in [-0.39, 0.29) is 45.8 Å². The number of nitrogens with one attached hydrogen (secondary N) is 1. The van der Waals surface area contributed by atoms with Crippen molar-refractivity contribution < 1.29 is 17.9 Å². The van der Waals surface area contributed by atoms with Crippen LogP contribution in [0.4, 0.5) is 0 Å². The van der Waals surface area contributed by atoms with Crippen LogP contribution in [0.15, 0.2) is 0 Å². The van der Waals surface area contributed by atoms with Crippen molar-refractivity contribution in [3.63, 3.8) is 0 Å². The van der Waals surface area contributed by atoms with Crippen LogP contribution < -0.4 is 5.32 Å². The molecule has 0 bridgehead atoms. The molecule has 36 heavy (non-hydrogen) atoms. The molecule has 210 valence electrons. The van der Waals surface area contributed by atoms with Gasteiger partial charge in [-0.15, -0.1) is 23.2 Å². The predicted octanol–water partition coefficient (Wildman–Crippen LogP) is 5.01. The van der Waals surface area contributed by atoms with E-state index >= 15 is 0 Å². The Morgan fingerprint density at radius 3 is 2.28 bits per heavy atom. The lowest BCUT2D eigenvalue weighted by atomic mass is 9.80. The monoisotopic (exact) mass is 566 g/mol. The normalized spacial score (nSPS) is 35.6.